The predicted octanol–water partition coefficient (Wildman–Crippen LogP) is 5.49. The van der Waals surface area contributed by atoms with E-state index in [-0.39, 0.29) is 35.5 Å². The molecule has 1 aliphatic carbocycles. The van der Waals surface area contributed by atoms with E-state index in [0.29, 0.717) is 34.6 Å². The average Bonchev–Trinajstić information content (AvgIpc) is 3.49. The number of nitrogens with zero attached hydrogens (tertiary/aromatic N) is 2. The maximum absolute atomic E-state index is 14.4. The molecule has 1 N–H and O–H groups in total. The van der Waals surface area contributed by atoms with Crippen LogP contribution < -0.4 is 5.48 Å². The summed E-state index contributed by atoms with van der Waals surface area (Å²) in [6, 6.07) is 11.1. The van der Waals surface area contributed by atoms with Crippen LogP contribution in [0, 0.1) is 0 Å². The second-order valence-electron chi connectivity index (χ2n) is 11.4. The molecule has 46 heavy (non-hydrogen) atoms. The Morgan fingerprint density at radius 1 is 1.09 bits per heavy atom. The minimum Gasteiger partial charge on any atom is -0.466 e. The highest BCUT2D eigenvalue weighted by molar-refractivity contribution is 7.88. The Bertz CT molecular complexity index is 1730. The van der Waals surface area contributed by atoms with Gasteiger partial charge in [-0.1, -0.05) is 60.3 Å². The molecule has 0 spiro atoms. The molecule has 3 aromatic rings. The van der Waals surface area contributed by atoms with Crippen LogP contribution in [0.3, 0.4) is 0 Å². The highest BCUT2D eigenvalue weighted by Gasteiger charge is 2.50. The van der Waals surface area contributed by atoms with E-state index in [1.54, 1.807) is 54.3 Å². The largest absolute Gasteiger partial charge is 0.466 e. The number of halogens is 2. The van der Waals surface area contributed by atoms with Crippen LogP contribution in [0.2, 0.25) is 10.0 Å². The zero-order valence-electron chi connectivity index (χ0n) is 25.6. The van der Waals surface area contributed by atoms with Crippen LogP contribution in [0.5, 0.6) is 0 Å². The molecule has 5 rings (SSSR count). The van der Waals surface area contributed by atoms with Crippen LogP contribution in [0.15, 0.2) is 59.2 Å². The molecule has 0 bridgehead atoms. The molecule has 0 unspecified atom stereocenters. The number of esters is 1. The first kappa shape index (κ1) is 33.9. The maximum atomic E-state index is 14.4. The van der Waals surface area contributed by atoms with Gasteiger partial charge in [0.15, 0.2) is 0 Å². The maximum Gasteiger partial charge on any atom is 0.341 e. The first-order valence-electron chi connectivity index (χ1n) is 14.9. The monoisotopic (exact) mass is 691 g/mol. The predicted molar refractivity (Wildman–Crippen MR) is 171 cm³/mol. The van der Waals surface area contributed by atoms with Crippen molar-refractivity contribution in [2.45, 2.75) is 63.3 Å². The highest BCUT2D eigenvalue weighted by Crippen LogP contribution is 2.48. The fraction of sp³-hybridized carbons (Fsp3) is 0.406. The number of carbonyl (C=O) groups is 3. The number of ether oxygens (including phenoxy) is 1. The van der Waals surface area contributed by atoms with Crippen molar-refractivity contribution in [3.8, 4) is 0 Å². The van der Waals surface area contributed by atoms with Crippen molar-refractivity contribution in [2.24, 2.45) is 0 Å². The number of likely N-dealkylation sites (N-methyl/N-ethyl adjacent to an activating group) is 1. The lowest BCUT2D eigenvalue weighted by atomic mass is 9.76. The molecule has 0 radical (unpaired) electrons. The van der Waals surface area contributed by atoms with Gasteiger partial charge < -0.3 is 14.1 Å². The second-order valence-corrected chi connectivity index (χ2v) is 14.2. The minimum atomic E-state index is -3.61. The average molecular weight is 693 g/mol. The zero-order valence-corrected chi connectivity index (χ0v) is 27.9. The van der Waals surface area contributed by atoms with Crippen LogP contribution in [0.4, 0.5) is 0 Å². The van der Waals surface area contributed by atoms with E-state index in [0.717, 1.165) is 19.1 Å². The molecule has 4 atom stereocenters. The number of sulfonamides is 1. The Morgan fingerprint density at radius 2 is 1.83 bits per heavy atom. The molecule has 0 saturated heterocycles. The van der Waals surface area contributed by atoms with Crippen molar-refractivity contribution in [1.29, 1.82) is 0 Å². The molecule has 1 aliphatic heterocycles. The van der Waals surface area contributed by atoms with Crippen molar-refractivity contribution in [3.05, 3.63) is 92.9 Å². The third-order valence-electron chi connectivity index (χ3n) is 8.53. The Balaban J connectivity index is 1.54. The Morgan fingerprint density at radius 3 is 2.54 bits per heavy atom. The van der Waals surface area contributed by atoms with Crippen molar-refractivity contribution in [1.82, 2.24) is 14.7 Å². The van der Waals surface area contributed by atoms with Gasteiger partial charge in [-0.2, -0.15) is 0 Å². The van der Waals surface area contributed by atoms with Crippen molar-refractivity contribution < 1.29 is 36.8 Å². The summed E-state index contributed by atoms with van der Waals surface area (Å²) >= 11 is 13.0. The second kappa shape index (κ2) is 14.1. The summed E-state index contributed by atoms with van der Waals surface area (Å²) in [5.41, 5.74) is 3.98. The van der Waals surface area contributed by atoms with Crippen molar-refractivity contribution in [2.75, 3.05) is 19.9 Å². The molecule has 246 valence electrons. The van der Waals surface area contributed by atoms with E-state index in [2.05, 4.69) is 5.48 Å². The standard InChI is InChI=1S/C32H35Cl2N3O8S/c1-4-43-32(40)19-15-21(44-17-19)18-45-35-30(38)28-22-9-5-6-10-23(22)31(39)37(29(28)24-14-13-20(33)16-25(24)34)27-12-8-7-11-26(27)36(2)46(3,41)42/h5-6,9-10,13-17,26-29H,4,7-8,11-12,18H2,1-3H3,(H,35,38)/t26-,27-,28+,29-/m0/s1. The van der Waals surface area contributed by atoms with Gasteiger partial charge in [0.25, 0.3) is 11.8 Å². The van der Waals surface area contributed by atoms with Crippen LogP contribution >= 0.6 is 23.2 Å². The Kier molecular flexibility index (Phi) is 10.4. The fourth-order valence-electron chi connectivity index (χ4n) is 6.38. The van der Waals surface area contributed by atoms with E-state index in [1.807, 2.05) is 0 Å². The van der Waals surface area contributed by atoms with Crippen LogP contribution in [0.25, 0.3) is 0 Å². The molecule has 2 aliphatic rings. The summed E-state index contributed by atoms with van der Waals surface area (Å²) < 4.78 is 37.2. The van der Waals surface area contributed by atoms with Gasteiger partial charge >= 0.3 is 5.97 Å². The SMILES string of the molecule is CCOC(=O)c1coc(CONC(=O)[C@@H]2c3ccccc3C(=O)N([C@H]3CCCC[C@@H]3N(C)S(C)(=O)=O)[C@H]2c2ccc(Cl)cc2Cl)c1. The lowest BCUT2D eigenvalue weighted by molar-refractivity contribution is -0.138. The number of fused-ring (bicyclic) bond motifs is 1. The van der Waals surface area contributed by atoms with Crippen LogP contribution in [0.1, 0.15) is 82.2 Å². The molecule has 1 fully saturated rings. The Hall–Kier alpha value is -3.42. The van der Waals surface area contributed by atoms with E-state index in [1.165, 1.54) is 23.7 Å². The summed E-state index contributed by atoms with van der Waals surface area (Å²) in [6.45, 7) is 1.70. The number of furan rings is 1. The lowest BCUT2D eigenvalue weighted by Crippen LogP contribution is -2.59. The molecular formula is C32H35Cl2N3O8S. The van der Waals surface area contributed by atoms with E-state index >= 15 is 0 Å². The topological polar surface area (TPSA) is 135 Å². The molecule has 14 heteroatoms. The van der Waals surface area contributed by atoms with Gasteiger partial charge in [0.1, 0.15) is 18.6 Å². The molecule has 1 saturated carbocycles. The summed E-state index contributed by atoms with van der Waals surface area (Å²) in [5.74, 6) is -2.18. The van der Waals surface area contributed by atoms with Crippen molar-refractivity contribution >= 4 is 51.0 Å². The quantitative estimate of drug-likeness (QED) is 0.218. The number of hydroxylamine groups is 1. The first-order valence-corrected chi connectivity index (χ1v) is 17.5. The normalized spacial score (nSPS) is 21.6. The van der Waals surface area contributed by atoms with Crippen LogP contribution in [-0.2, 0) is 31.0 Å². The third-order valence-corrected chi connectivity index (χ3v) is 10.4. The van der Waals surface area contributed by atoms with E-state index < -0.39 is 45.9 Å². The lowest BCUT2D eigenvalue weighted by Gasteiger charge is -2.50. The number of amides is 2. The molecule has 11 nitrogen and oxygen atoms in total. The first-order chi connectivity index (χ1) is 21.9. The van der Waals surface area contributed by atoms with Gasteiger partial charge in [-0.25, -0.2) is 23.0 Å². The number of benzene rings is 2. The van der Waals surface area contributed by atoms with E-state index in [4.69, 9.17) is 37.2 Å². The van der Waals surface area contributed by atoms with Gasteiger partial charge in [0.05, 0.1) is 30.4 Å². The van der Waals surface area contributed by atoms with Crippen LogP contribution in [-0.4, -0.2) is 67.4 Å². The summed E-state index contributed by atoms with van der Waals surface area (Å²) in [5, 5.41) is 0.625. The molecule has 2 heterocycles. The molecular weight excluding hydrogens is 657 g/mol. The van der Waals surface area contributed by atoms with Gasteiger partial charge in [-0.05, 0) is 55.2 Å². The number of hydrogen-bond donors (Lipinski definition) is 1. The molecule has 1 aromatic heterocycles. The fourth-order valence-corrected chi connectivity index (χ4v) is 7.64. The number of hydrogen-bond acceptors (Lipinski definition) is 8. The number of rotatable bonds is 10. The summed E-state index contributed by atoms with van der Waals surface area (Å²) in [4.78, 5) is 47.8. The molecule has 2 amide bonds. The smallest absolute Gasteiger partial charge is 0.341 e. The number of nitrogens with one attached hydrogen (secondary N) is 1. The summed E-state index contributed by atoms with van der Waals surface area (Å²) in [6.07, 6.45) is 4.99. The molecule has 2 aromatic carbocycles. The van der Waals surface area contributed by atoms with Gasteiger partial charge in [-0.15, -0.1) is 0 Å². The van der Waals surface area contributed by atoms with Gasteiger partial charge in [0.2, 0.25) is 10.0 Å². The minimum absolute atomic E-state index is 0.196. The van der Waals surface area contributed by atoms with E-state index in [9.17, 15) is 22.8 Å². The third kappa shape index (κ3) is 6.96. The summed E-state index contributed by atoms with van der Waals surface area (Å²) in [7, 11) is -2.09. The van der Waals surface area contributed by atoms with Gasteiger partial charge in [-0.3, -0.25) is 14.4 Å². The zero-order chi connectivity index (χ0) is 33.2. The highest BCUT2D eigenvalue weighted by atomic mass is 35.5. The van der Waals surface area contributed by atoms with Crippen molar-refractivity contribution in [3.63, 3.8) is 0 Å². The number of carbonyl (C=O) groups excluding carboxylic acids is 3. The van der Waals surface area contributed by atoms with Gasteiger partial charge in [0, 0.05) is 34.7 Å². The Labute approximate surface area is 277 Å².